The van der Waals surface area contributed by atoms with Crippen molar-refractivity contribution in [3.05, 3.63) is 23.9 Å². The summed E-state index contributed by atoms with van der Waals surface area (Å²) in [6.07, 6.45) is 0.535. The van der Waals surface area contributed by atoms with Gasteiger partial charge in [0.1, 0.15) is 11.4 Å². The van der Waals surface area contributed by atoms with Crippen LogP contribution < -0.4 is 10.9 Å². The topological polar surface area (TPSA) is 101 Å². The summed E-state index contributed by atoms with van der Waals surface area (Å²) < 4.78 is 4.99. The number of carbonyl (C=O) groups is 2. The summed E-state index contributed by atoms with van der Waals surface area (Å²) in [5.41, 5.74) is 4.26. The fourth-order valence-electron chi connectivity index (χ4n) is 1.01. The molecule has 0 saturated heterocycles. The minimum Gasteiger partial charge on any atom is -0.478 e. The molecule has 0 saturated carbocycles. The SMILES string of the molecule is CC.CC.CC(C)(C)OC(=O)NNc1ccc(C(=O)O)cn1. The van der Waals surface area contributed by atoms with E-state index in [4.69, 9.17) is 9.84 Å². The van der Waals surface area contributed by atoms with E-state index in [2.05, 4.69) is 15.8 Å². The summed E-state index contributed by atoms with van der Waals surface area (Å²) >= 11 is 0. The molecule has 1 aromatic heterocycles. The second-order valence-electron chi connectivity index (χ2n) is 4.49. The predicted molar refractivity (Wildman–Crippen MR) is 86.9 cm³/mol. The van der Waals surface area contributed by atoms with Crippen LogP contribution in [0.4, 0.5) is 10.6 Å². The lowest BCUT2D eigenvalue weighted by Gasteiger charge is -2.19. The molecule has 0 radical (unpaired) electrons. The molecule has 7 nitrogen and oxygen atoms in total. The van der Waals surface area contributed by atoms with Crippen LogP contribution in [-0.4, -0.2) is 27.8 Å². The number of hydrogen-bond donors (Lipinski definition) is 3. The van der Waals surface area contributed by atoms with E-state index in [0.717, 1.165) is 0 Å². The number of anilines is 1. The van der Waals surface area contributed by atoms with Gasteiger partial charge in [-0.2, -0.15) is 0 Å². The summed E-state index contributed by atoms with van der Waals surface area (Å²) in [4.78, 5) is 25.7. The number of aromatic nitrogens is 1. The van der Waals surface area contributed by atoms with E-state index in [1.807, 2.05) is 27.7 Å². The third-order valence-corrected chi connectivity index (χ3v) is 1.70. The van der Waals surface area contributed by atoms with Gasteiger partial charge >= 0.3 is 12.1 Å². The molecular weight excluding hydrogens is 286 g/mol. The minimum atomic E-state index is -1.06. The van der Waals surface area contributed by atoms with E-state index in [1.54, 1.807) is 20.8 Å². The molecule has 1 amide bonds. The van der Waals surface area contributed by atoms with Crippen LogP contribution in [0.25, 0.3) is 0 Å². The largest absolute Gasteiger partial charge is 0.478 e. The molecule has 1 aromatic rings. The van der Waals surface area contributed by atoms with Crippen molar-refractivity contribution in [3.8, 4) is 0 Å². The lowest BCUT2D eigenvalue weighted by molar-refractivity contribution is 0.0540. The molecule has 0 aliphatic carbocycles. The van der Waals surface area contributed by atoms with Crippen LogP contribution in [0.5, 0.6) is 0 Å². The summed E-state index contributed by atoms with van der Waals surface area (Å²) in [5.74, 6) is -0.750. The van der Waals surface area contributed by atoms with Gasteiger partial charge in [0.2, 0.25) is 0 Å². The zero-order valence-corrected chi connectivity index (χ0v) is 14.4. The summed E-state index contributed by atoms with van der Waals surface area (Å²) in [5, 5.41) is 8.67. The van der Waals surface area contributed by atoms with E-state index >= 15 is 0 Å². The smallest absolute Gasteiger partial charge is 0.426 e. The molecule has 0 aliphatic heterocycles. The summed E-state index contributed by atoms with van der Waals surface area (Å²) in [6.45, 7) is 13.2. The molecule has 3 N–H and O–H groups in total. The molecule has 22 heavy (non-hydrogen) atoms. The van der Waals surface area contributed by atoms with Gasteiger partial charge in [-0.3, -0.25) is 5.43 Å². The van der Waals surface area contributed by atoms with Crippen molar-refractivity contribution in [3.63, 3.8) is 0 Å². The van der Waals surface area contributed by atoms with Crippen molar-refractivity contribution < 1.29 is 19.4 Å². The van der Waals surface area contributed by atoms with E-state index in [0.29, 0.717) is 5.82 Å². The molecule has 1 rings (SSSR count). The van der Waals surface area contributed by atoms with Gasteiger partial charge in [-0.25, -0.2) is 20.0 Å². The van der Waals surface area contributed by atoms with Gasteiger partial charge in [0.25, 0.3) is 0 Å². The highest BCUT2D eigenvalue weighted by Crippen LogP contribution is 2.07. The highest BCUT2D eigenvalue weighted by molar-refractivity contribution is 5.87. The Kier molecular flexibility index (Phi) is 11.3. The Morgan fingerprint density at radius 1 is 1.14 bits per heavy atom. The van der Waals surface area contributed by atoms with Gasteiger partial charge in [0.15, 0.2) is 0 Å². The number of carbonyl (C=O) groups excluding carboxylic acids is 1. The van der Waals surface area contributed by atoms with Crippen molar-refractivity contribution in [1.82, 2.24) is 10.4 Å². The average Bonchev–Trinajstić information content (AvgIpc) is 2.48. The van der Waals surface area contributed by atoms with Crippen LogP contribution in [0.15, 0.2) is 18.3 Å². The van der Waals surface area contributed by atoms with Crippen molar-refractivity contribution in [2.24, 2.45) is 0 Å². The van der Waals surface area contributed by atoms with Gasteiger partial charge in [0, 0.05) is 6.20 Å². The quantitative estimate of drug-likeness (QED) is 0.736. The lowest BCUT2D eigenvalue weighted by atomic mass is 10.2. The number of ether oxygens (including phenoxy) is 1. The molecule has 0 aromatic carbocycles. The Labute approximate surface area is 132 Å². The van der Waals surface area contributed by atoms with E-state index in [9.17, 15) is 9.59 Å². The zero-order valence-electron chi connectivity index (χ0n) is 14.4. The number of nitrogens with one attached hydrogen (secondary N) is 2. The Hall–Kier alpha value is -2.31. The van der Waals surface area contributed by atoms with Gasteiger partial charge in [-0.15, -0.1) is 0 Å². The number of pyridine rings is 1. The first-order chi connectivity index (χ1) is 10.3. The average molecular weight is 313 g/mol. The molecule has 1 heterocycles. The van der Waals surface area contributed by atoms with Crippen molar-refractivity contribution >= 4 is 17.9 Å². The molecule has 0 aliphatic rings. The third-order valence-electron chi connectivity index (χ3n) is 1.70. The molecule has 0 fully saturated rings. The molecule has 0 unspecified atom stereocenters. The van der Waals surface area contributed by atoms with E-state index in [-0.39, 0.29) is 5.56 Å². The van der Waals surface area contributed by atoms with Gasteiger partial charge in [-0.1, -0.05) is 27.7 Å². The number of nitrogens with zero attached hydrogens (tertiary/aromatic N) is 1. The normalized spacial score (nSPS) is 9.23. The van der Waals surface area contributed by atoms with E-state index in [1.165, 1.54) is 18.3 Å². The number of aromatic carboxylic acids is 1. The molecule has 0 bridgehead atoms. The highest BCUT2D eigenvalue weighted by atomic mass is 16.6. The Balaban J connectivity index is 0. The van der Waals surface area contributed by atoms with Crippen molar-refractivity contribution in [2.75, 3.05) is 5.43 Å². The van der Waals surface area contributed by atoms with Crippen molar-refractivity contribution in [1.29, 1.82) is 0 Å². The van der Waals surface area contributed by atoms with Crippen LogP contribution >= 0.6 is 0 Å². The van der Waals surface area contributed by atoms with Crippen LogP contribution in [0.2, 0.25) is 0 Å². The first kappa shape index (κ1) is 22.0. The maximum Gasteiger partial charge on any atom is 0.426 e. The minimum absolute atomic E-state index is 0.0674. The van der Waals surface area contributed by atoms with Crippen LogP contribution in [0, 0.1) is 0 Å². The lowest BCUT2D eigenvalue weighted by Crippen LogP contribution is -2.36. The monoisotopic (exact) mass is 313 g/mol. The number of rotatable bonds is 3. The molecule has 126 valence electrons. The third kappa shape index (κ3) is 10.5. The predicted octanol–water partition coefficient (Wildman–Crippen LogP) is 3.68. The van der Waals surface area contributed by atoms with Gasteiger partial charge in [0.05, 0.1) is 5.56 Å². The number of carboxylic acid groups (broad SMARTS) is 1. The summed E-state index contributed by atoms with van der Waals surface area (Å²) in [7, 11) is 0. The van der Waals surface area contributed by atoms with Crippen molar-refractivity contribution in [2.45, 2.75) is 54.1 Å². The van der Waals surface area contributed by atoms with Crippen LogP contribution in [-0.2, 0) is 4.74 Å². The number of hydrogen-bond acceptors (Lipinski definition) is 5. The molecular formula is C15H27N3O4. The Morgan fingerprint density at radius 3 is 2.05 bits per heavy atom. The fourth-order valence-corrected chi connectivity index (χ4v) is 1.01. The second-order valence-corrected chi connectivity index (χ2v) is 4.49. The molecule has 7 heteroatoms. The van der Waals surface area contributed by atoms with E-state index < -0.39 is 17.7 Å². The first-order valence-electron chi connectivity index (χ1n) is 7.22. The molecule has 0 atom stereocenters. The Morgan fingerprint density at radius 2 is 1.68 bits per heavy atom. The maximum atomic E-state index is 11.3. The fraction of sp³-hybridized carbons (Fsp3) is 0.533. The zero-order chi connectivity index (χ0) is 17.8. The summed E-state index contributed by atoms with van der Waals surface area (Å²) in [6, 6.07) is 2.80. The van der Waals surface area contributed by atoms with Crippen LogP contribution in [0.1, 0.15) is 58.8 Å². The van der Waals surface area contributed by atoms with Crippen LogP contribution in [0.3, 0.4) is 0 Å². The highest BCUT2D eigenvalue weighted by Gasteiger charge is 2.15. The standard InChI is InChI=1S/C11H15N3O4.2C2H6/c1-11(2,3)18-10(17)14-13-8-5-4-7(6-12-8)9(15)16;2*1-2/h4-6H,1-3H3,(H,12,13)(H,14,17)(H,15,16);2*1-2H3. The number of carboxylic acids is 1. The first-order valence-corrected chi connectivity index (χ1v) is 7.22. The Bertz CT molecular complexity index is 439. The van der Waals surface area contributed by atoms with Gasteiger partial charge in [-0.05, 0) is 32.9 Å². The second kappa shape index (κ2) is 11.4. The van der Waals surface area contributed by atoms with Gasteiger partial charge < -0.3 is 9.84 Å². The molecule has 0 spiro atoms. The maximum absolute atomic E-state index is 11.3. The number of hydrazine groups is 1. The number of amides is 1.